The van der Waals surface area contributed by atoms with Crippen LogP contribution in [0, 0.1) is 5.92 Å². The molecule has 0 unspecified atom stereocenters. The minimum atomic E-state index is -0.352. The van der Waals surface area contributed by atoms with Crippen molar-refractivity contribution in [2.45, 2.75) is 33.6 Å². The van der Waals surface area contributed by atoms with Gasteiger partial charge in [0.2, 0.25) is 5.91 Å². The smallest absolute Gasteiger partial charge is 0.338 e. The van der Waals surface area contributed by atoms with Crippen LogP contribution in [0.15, 0.2) is 24.3 Å². The van der Waals surface area contributed by atoms with E-state index in [1.807, 2.05) is 0 Å². The second-order valence-electron chi connectivity index (χ2n) is 5.53. The third-order valence-corrected chi connectivity index (χ3v) is 3.11. The van der Waals surface area contributed by atoms with Crippen LogP contribution >= 0.6 is 0 Å². The molecule has 0 heterocycles. The van der Waals surface area contributed by atoms with Gasteiger partial charge in [0.1, 0.15) is 0 Å². The molecule has 0 aromatic heterocycles. The zero-order valence-electron chi connectivity index (χ0n) is 13.6. The maximum Gasteiger partial charge on any atom is 0.338 e. The van der Waals surface area contributed by atoms with Crippen molar-refractivity contribution in [2.75, 3.05) is 25.0 Å². The Bertz CT molecular complexity index is 469. The Balaban J connectivity index is 2.31. The first-order valence-electron chi connectivity index (χ1n) is 7.80. The lowest BCUT2D eigenvalue weighted by atomic mass is 10.1. The van der Waals surface area contributed by atoms with E-state index in [-0.39, 0.29) is 11.9 Å². The van der Waals surface area contributed by atoms with Crippen LogP contribution in [0.3, 0.4) is 0 Å². The molecule has 1 rings (SSSR count). The predicted molar refractivity (Wildman–Crippen MR) is 88.0 cm³/mol. The van der Waals surface area contributed by atoms with Gasteiger partial charge in [-0.15, -0.1) is 0 Å². The molecule has 0 saturated heterocycles. The van der Waals surface area contributed by atoms with Gasteiger partial charge in [0.25, 0.3) is 0 Å². The summed E-state index contributed by atoms with van der Waals surface area (Å²) in [6.07, 6.45) is 1.54. The first-order chi connectivity index (χ1) is 10.5. The van der Waals surface area contributed by atoms with E-state index < -0.39 is 0 Å². The average Bonchev–Trinajstić information content (AvgIpc) is 2.47. The third kappa shape index (κ3) is 7.22. The third-order valence-electron chi connectivity index (χ3n) is 3.11. The van der Waals surface area contributed by atoms with Crippen LogP contribution in [0.5, 0.6) is 0 Å². The molecule has 0 saturated carbocycles. The molecular formula is C17H26N2O3. The summed E-state index contributed by atoms with van der Waals surface area (Å²) in [6.45, 7) is 8.06. The Kier molecular flexibility index (Phi) is 8.22. The van der Waals surface area contributed by atoms with Crippen molar-refractivity contribution in [2.24, 2.45) is 5.92 Å². The van der Waals surface area contributed by atoms with Gasteiger partial charge in [-0.3, -0.25) is 4.79 Å². The van der Waals surface area contributed by atoms with Crippen molar-refractivity contribution in [3.63, 3.8) is 0 Å². The van der Waals surface area contributed by atoms with Crippen molar-refractivity contribution >= 4 is 17.6 Å². The maximum absolute atomic E-state index is 11.8. The zero-order valence-corrected chi connectivity index (χ0v) is 13.6. The van der Waals surface area contributed by atoms with Gasteiger partial charge < -0.3 is 15.4 Å². The fraction of sp³-hybridized carbons (Fsp3) is 0.529. The lowest BCUT2D eigenvalue weighted by molar-refractivity contribution is -0.116. The Morgan fingerprint density at radius 1 is 1.14 bits per heavy atom. The highest BCUT2D eigenvalue weighted by molar-refractivity contribution is 5.93. The number of esters is 1. The summed E-state index contributed by atoms with van der Waals surface area (Å²) >= 11 is 0. The summed E-state index contributed by atoms with van der Waals surface area (Å²) in [5.41, 5.74) is 1.16. The van der Waals surface area contributed by atoms with Gasteiger partial charge in [0.05, 0.1) is 12.2 Å². The molecule has 0 aliphatic heterocycles. The zero-order chi connectivity index (χ0) is 16.4. The summed E-state index contributed by atoms with van der Waals surface area (Å²) in [4.78, 5) is 23.3. The molecule has 0 atom stereocenters. The van der Waals surface area contributed by atoms with Gasteiger partial charge in [-0.25, -0.2) is 4.79 Å². The largest absolute Gasteiger partial charge is 0.462 e. The van der Waals surface area contributed by atoms with Gasteiger partial charge in [0, 0.05) is 18.7 Å². The van der Waals surface area contributed by atoms with Gasteiger partial charge in [-0.1, -0.05) is 13.8 Å². The Morgan fingerprint density at radius 2 is 1.82 bits per heavy atom. The molecule has 0 fully saturated rings. The molecule has 0 aliphatic carbocycles. The molecule has 1 aromatic rings. The molecular weight excluding hydrogens is 280 g/mol. The number of rotatable bonds is 9. The quantitative estimate of drug-likeness (QED) is 0.544. The SMILES string of the molecule is CCOC(=O)c1ccc(NC(=O)CCNCCC(C)C)cc1. The van der Waals surface area contributed by atoms with E-state index in [0.717, 1.165) is 13.0 Å². The lowest BCUT2D eigenvalue weighted by Gasteiger charge is -2.08. The van der Waals surface area contributed by atoms with E-state index in [4.69, 9.17) is 4.74 Å². The van der Waals surface area contributed by atoms with E-state index in [9.17, 15) is 9.59 Å². The second-order valence-corrected chi connectivity index (χ2v) is 5.53. The summed E-state index contributed by atoms with van der Waals surface area (Å²) in [7, 11) is 0. The molecule has 1 amide bonds. The Hall–Kier alpha value is -1.88. The number of hydrogen-bond acceptors (Lipinski definition) is 4. The molecule has 1 aromatic carbocycles. The number of anilines is 1. The minimum Gasteiger partial charge on any atom is -0.462 e. The van der Waals surface area contributed by atoms with Crippen molar-refractivity contribution in [1.82, 2.24) is 5.32 Å². The van der Waals surface area contributed by atoms with Crippen molar-refractivity contribution in [3.8, 4) is 0 Å². The van der Waals surface area contributed by atoms with Crippen LogP contribution < -0.4 is 10.6 Å². The number of hydrogen-bond donors (Lipinski definition) is 2. The van der Waals surface area contributed by atoms with Crippen molar-refractivity contribution in [1.29, 1.82) is 0 Å². The Morgan fingerprint density at radius 3 is 2.41 bits per heavy atom. The van der Waals surface area contributed by atoms with E-state index >= 15 is 0 Å². The summed E-state index contributed by atoms with van der Waals surface area (Å²) in [5, 5.41) is 6.06. The lowest BCUT2D eigenvalue weighted by Crippen LogP contribution is -2.23. The number of carbonyl (C=O) groups excluding carboxylic acids is 2. The van der Waals surface area contributed by atoms with Crippen molar-refractivity contribution in [3.05, 3.63) is 29.8 Å². The molecule has 2 N–H and O–H groups in total. The Labute approximate surface area is 132 Å². The van der Waals surface area contributed by atoms with Crippen LogP contribution in [-0.4, -0.2) is 31.6 Å². The van der Waals surface area contributed by atoms with E-state index in [0.29, 0.717) is 36.7 Å². The van der Waals surface area contributed by atoms with Crippen LogP contribution in [0.25, 0.3) is 0 Å². The summed E-state index contributed by atoms with van der Waals surface area (Å²) in [5.74, 6) is 0.273. The molecule has 5 heteroatoms. The summed E-state index contributed by atoms with van der Waals surface area (Å²) in [6, 6.07) is 6.70. The van der Waals surface area contributed by atoms with E-state index in [1.165, 1.54) is 0 Å². The predicted octanol–water partition coefficient (Wildman–Crippen LogP) is 2.83. The van der Waals surface area contributed by atoms with Crippen LogP contribution in [0.4, 0.5) is 5.69 Å². The van der Waals surface area contributed by atoms with Gasteiger partial charge in [-0.05, 0) is 50.1 Å². The highest BCUT2D eigenvalue weighted by Gasteiger charge is 2.07. The normalized spacial score (nSPS) is 10.5. The number of benzene rings is 1. The fourth-order valence-corrected chi connectivity index (χ4v) is 1.85. The number of amides is 1. The number of ether oxygens (including phenoxy) is 1. The molecule has 0 bridgehead atoms. The minimum absolute atomic E-state index is 0.0408. The highest BCUT2D eigenvalue weighted by atomic mass is 16.5. The number of nitrogens with one attached hydrogen (secondary N) is 2. The maximum atomic E-state index is 11.8. The molecule has 0 aliphatic rings. The molecule has 0 radical (unpaired) electrons. The standard InChI is InChI=1S/C17H26N2O3/c1-4-22-17(21)14-5-7-15(8-6-14)19-16(20)10-12-18-11-9-13(2)3/h5-8,13,18H,4,9-12H2,1-3H3,(H,19,20). The number of carbonyl (C=O) groups is 2. The first kappa shape index (κ1) is 18.2. The highest BCUT2D eigenvalue weighted by Crippen LogP contribution is 2.10. The fourth-order valence-electron chi connectivity index (χ4n) is 1.85. The van der Waals surface area contributed by atoms with Gasteiger partial charge in [-0.2, -0.15) is 0 Å². The van der Waals surface area contributed by atoms with E-state index in [1.54, 1.807) is 31.2 Å². The first-order valence-corrected chi connectivity index (χ1v) is 7.80. The topological polar surface area (TPSA) is 67.4 Å². The van der Waals surface area contributed by atoms with Gasteiger partial charge >= 0.3 is 5.97 Å². The van der Waals surface area contributed by atoms with Crippen molar-refractivity contribution < 1.29 is 14.3 Å². The van der Waals surface area contributed by atoms with Gasteiger partial charge in [0.15, 0.2) is 0 Å². The van der Waals surface area contributed by atoms with E-state index in [2.05, 4.69) is 24.5 Å². The molecule has 0 spiro atoms. The van der Waals surface area contributed by atoms with Crippen LogP contribution in [0.2, 0.25) is 0 Å². The molecule has 22 heavy (non-hydrogen) atoms. The molecule has 5 nitrogen and oxygen atoms in total. The monoisotopic (exact) mass is 306 g/mol. The summed E-state index contributed by atoms with van der Waals surface area (Å²) < 4.78 is 4.91. The molecule has 122 valence electrons. The average molecular weight is 306 g/mol. The second kappa shape index (κ2) is 9.95. The van der Waals surface area contributed by atoms with Crippen LogP contribution in [0.1, 0.15) is 44.0 Å². The van der Waals surface area contributed by atoms with Crippen LogP contribution in [-0.2, 0) is 9.53 Å².